The first-order valence-corrected chi connectivity index (χ1v) is 5.25. The van der Waals surface area contributed by atoms with Crippen molar-refractivity contribution in [1.82, 2.24) is 0 Å². The van der Waals surface area contributed by atoms with Crippen LogP contribution in [0.15, 0.2) is 24.3 Å². The largest absolute Gasteiger partial charge is 0.380 e. The normalized spacial score (nSPS) is 11.5. The number of carbonyl (C=O) groups excluding carboxylic acids is 1. The molecule has 0 aliphatic heterocycles. The Bertz CT molecular complexity index is 354. The van der Waals surface area contributed by atoms with Gasteiger partial charge in [0.05, 0.1) is 12.5 Å². The van der Waals surface area contributed by atoms with E-state index >= 15 is 0 Å². The number of hydrogen-bond acceptors (Lipinski definition) is 3. The van der Waals surface area contributed by atoms with Crippen LogP contribution >= 0.6 is 12.4 Å². The molecule has 0 aliphatic carbocycles. The number of rotatable bonds is 5. The molecule has 1 aromatic carbocycles. The van der Waals surface area contributed by atoms with Crippen molar-refractivity contribution in [2.75, 3.05) is 19.0 Å². The Kier molecular flexibility index (Phi) is 7.54. The predicted octanol–water partition coefficient (Wildman–Crippen LogP) is 1.72. The summed E-state index contributed by atoms with van der Waals surface area (Å²) >= 11 is 0. The van der Waals surface area contributed by atoms with Crippen molar-refractivity contribution in [1.29, 1.82) is 0 Å². The van der Waals surface area contributed by atoms with Crippen molar-refractivity contribution in [3.63, 3.8) is 0 Å². The van der Waals surface area contributed by atoms with Crippen LogP contribution in [0, 0.1) is 6.92 Å². The number of amides is 1. The van der Waals surface area contributed by atoms with Crippen molar-refractivity contribution < 1.29 is 9.53 Å². The van der Waals surface area contributed by atoms with Gasteiger partial charge in [-0.3, -0.25) is 4.79 Å². The second-order valence-corrected chi connectivity index (χ2v) is 3.66. The van der Waals surface area contributed by atoms with Crippen molar-refractivity contribution >= 4 is 24.0 Å². The lowest BCUT2D eigenvalue weighted by Gasteiger charge is -2.13. The molecule has 0 saturated heterocycles. The highest BCUT2D eigenvalue weighted by Gasteiger charge is 2.11. The van der Waals surface area contributed by atoms with Gasteiger partial charge in [-0.05, 0) is 18.6 Å². The van der Waals surface area contributed by atoms with Gasteiger partial charge in [-0.2, -0.15) is 0 Å². The van der Waals surface area contributed by atoms with Crippen LogP contribution in [0.25, 0.3) is 0 Å². The first-order chi connectivity index (χ1) is 7.67. The number of hydrogen-bond donors (Lipinski definition) is 2. The molecule has 1 atom stereocenters. The van der Waals surface area contributed by atoms with Gasteiger partial charge in [0, 0.05) is 19.3 Å². The molecule has 1 unspecified atom stereocenters. The van der Waals surface area contributed by atoms with Gasteiger partial charge in [-0.1, -0.05) is 18.2 Å². The summed E-state index contributed by atoms with van der Waals surface area (Å²) in [4.78, 5) is 11.6. The fourth-order valence-electron chi connectivity index (χ4n) is 1.38. The number of benzene rings is 1. The maximum Gasteiger partial charge on any atom is 0.227 e. The molecule has 0 bridgehead atoms. The summed E-state index contributed by atoms with van der Waals surface area (Å²) in [5.41, 5.74) is 7.32. The van der Waals surface area contributed by atoms with Crippen LogP contribution in [0.5, 0.6) is 0 Å². The van der Waals surface area contributed by atoms with Gasteiger partial charge in [-0.15, -0.1) is 12.4 Å². The molecule has 0 saturated carbocycles. The monoisotopic (exact) mass is 258 g/mol. The first kappa shape index (κ1) is 15.9. The Labute approximate surface area is 108 Å². The zero-order valence-corrected chi connectivity index (χ0v) is 10.9. The predicted molar refractivity (Wildman–Crippen MR) is 71.5 cm³/mol. The van der Waals surface area contributed by atoms with Crippen LogP contribution in [0.1, 0.15) is 12.0 Å². The molecule has 1 amide bonds. The van der Waals surface area contributed by atoms with Crippen LogP contribution in [-0.4, -0.2) is 25.7 Å². The van der Waals surface area contributed by atoms with Crippen LogP contribution in [-0.2, 0) is 9.53 Å². The lowest BCUT2D eigenvalue weighted by molar-refractivity contribution is -0.118. The van der Waals surface area contributed by atoms with Gasteiger partial charge >= 0.3 is 0 Å². The minimum atomic E-state index is -0.219. The summed E-state index contributed by atoms with van der Waals surface area (Å²) in [6.07, 6.45) is 0.0606. The van der Waals surface area contributed by atoms with Gasteiger partial charge < -0.3 is 15.8 Å². The van der Waals surface area contributed by atoms with Crippen LogP contribution in [0.3, 0.4) is 0 Å². The number of anilines is 1. The van der Waals surface area contributed by atoms with E-state index in [0.717, 1.165) is 11.3 Å². The second-order valence-electron chi connectivity index (χ2n) is 3.66. The molecular weight excluding hydrogens is 240 g/mol. The molecule has 3 N–H and O–H groups in total. The van der Waals surface area contributed by atoms with Gasteiger partial charge in [0.25, 0.3) is 0 Å². The third kappa shape index (κ3) is 5.17. The third-order valence-electron chi connectivity index (χ3n) is 2.43. The van der Waals surface area contributed by atoms with E-state index < -0.39 is 0 Å². The van der Waals surface area contributed by atoms with Gasteiger partial charge in [0.2, 0.25) is 5.91 Å². The third-order valence-corrected chi connectivity index (χ3v) is 2.43. The summed E-state index contributed by atoms with van der Waals surface area (Å²) in [5, 5.41) is 2.83. The molecule has 1 aromatic rings. The topological polar surface area (TPSA) is 64.3 Å². The molecule has 0 radical (unpaired) electrons. The molecule has 4 nitrogen and oxygen atoms in total. The molecule has 0 spiro atoms. The van der Waals surface area contributed by atoms with Crippen molar-refractivity contribution in [2.24, 2.45) is 5.73 Å². The summed E-state index contributed by atoms with van der Waals surface area (Å²) < 4.78 is 5.05. The molecule has 17 heavy (non-hydrogen) atoms. The standard InChI is InChI=1S/C12H18N2O2.ClH/c1-9-5-3-4-6-11(9)14-12(15)7-10(8-13)16-2;/h3-6,10H,7-8,13H2,1-2H3,(H,14,15);1H. The Morgan fingerprint density at radius 1 is 1.47 bits per heavy atom. The van der Waals surface area contributed by atoms with Crippen molar-refractivity contribution in [3.05, 3.63) is 29.8 Å². The van der Waals surface area contributed by atoms with Gasteiger partial charge in [-0.25, -0.2) is 0 Å². The molecule has 0 aromatic heterocycles. The van der Waals surface area contributed by atoms with Gasteiger partial charge in [0.1, 0.15) is 0 Å². The van der Waals surface area contributed by atoms with Crippen LogP contribution in [0.4, 0.5) is 5.69 Å². The van der Waals surface area contributed by atoms with Crippen LogP contribution < -0.4 is 11.1 Å². The number of aryl methyl sites for hydroxylation is 1. The minimum Gasteiger partial charge on any atom is -0.380 e. The number of ether oxygens (including phenoxy) is 1. The fourth-order valence-corrected chi connectivity index (χ4v) is 1.38. The highest BCUT2D eigenvalue weighted by molar-refractivity contribution is 5.91. The SMILES string of the molecule is COC(CN)CC(=O)Nc1ccccc1C.Cl. The van der Waals surface area contributed by atoms with Gasteiger partial charge in [0.15, 0.2) is 0 Å². The number of nitrogens with two attached hydrogens (primary N) is 1. The molecule has 96 valence electrons. The van der Waals surface area contributed by atoms with Crippen molar-refractivity contribution in [3.8, 4) is 0 Å². The first-order valence-electron chi connectivity index (χ1n) is 5.25. The fraction of sp³-hybridized carbons (Fsp3) is 0.417. The van der Waals surface area contributed by atoms with E-state index in [-0.39, 0.29) is 30.8 Å². The smallest absolute Gasteiger partial charge is 0.227 e. The van der Waals surface area contributed by atoms with E-state index in [9.17, 15) is 4.79 Å². The maximum atomic E-state index is 11.6. The number of halogens is 1. The van der Waals surface area contributed by atoms with E-state index in [2.05, 4.69) is 5.32 Å². The molecule has 0 fully saturated rings. The van der Waals surface area contributed by atoms with E-state index in [4.69, 9.17) is 10.5 Å². The molecule has 0 aliphatic rings. The Hall–Kier alpha value is -1.10. The minimum absolute atomic E-state index is 0. The summed E-state index contributed by atoms with van der Waals surface area (Å²) in [7, 11) is 1.55. The van der Waals surface area contributed by atoms with E-state index in [1.807, 2.05) is 31.2 Å². The number of nitrogens with one attached hydrogen (secondary N) is 1. The quantitative estimate of drug-likeness (QED) is 0.845. The molecular formula is C12H19ClN2O2. The van der Waals surface area contributed by atoms with E-state index in [1.165, 1.54) is 0 Å². The lowest BCUT2D eigenvalue weighted by Crippen LogP contribution is -2.28. The van der Waals surface area contributed by atoms with Crippen LogP contribution in [0.2, 0.25) is 0 Å². The Morgan fingerprint density at radius 3 is 2.65 bits per heavy atom. The number of para-hydroxylation sites is 1. The van der Waals surface area contributed by atoms with E-state index in [0.29, 0.717) is 6.54 Å². The van der Waals surface area contributed by atoms with Crippen molar-refractivity contribution in [2.45, 2.75) is 19.4 Å². The average Bonchev–Trinajstić information content (AvgIpc) is 2.29. The average molecular weight is 259 g/mol. The Balaban J connectivity index is 0.00000256. The highest BCUT2D eigenvalue weighted by atomic mass is 35.5. The lowest BCUT2D eigenvalue weighted by atomic mass is 10.2. The number of methoxy groups -OCH3 is 1. The summed E-state index contributed by atoms with van der Waals surface area (Å²) in [6.45, 7) is 2.30. The zero-order chi connectivity index (χ0) is 12.0. The summed E-state index contributed by atoms with van der Waals surface area (Å²) in [6, 6.07) is 7.64. The number of carbonyl (C=O) groups is 1. The van der Waals surface area contributed by atoms with E-state index in [1.54, 1.807) is 7.11 Å². The Morgan fingerprint density at radius 2 is 2.12 bits per heavy atom. The molecule has 1 rings (SSSR count). The zero-order valence-electron chi connectivity index (χ0n) is 10.1. The second kappa shape index (κ2) is 8.06. The molecule has 0 heterocycles. The summed E-state index contributed by atoms with van der Waals surface area (Å²) in [5.74, 6) is -0.0772. The molecule has 5 heteroatoms. The maximum absolute atomic E-state index is 11.6. The highest BCUT2D eigenvalue weighted by Crippen LogP contribution is 2.13.